The topological polar surface area (TPSA) is 12.5 Å². The number of hydrogen-bond donors (Lipinski definition) is 0. The molecule has 1 heterocycles. The molecule has 1 saturated heterocycles. The molecule has 0 aromatic heterocycles. The molecule has 3 atom stereocenters. The van der Waals surface area contributed by atoms with Crippen LogP contribution in [0.3, 0.4) is 0 Å². The van der Waals surface area contributed by atoms with E-state index in [9.17, 15) is 0 Å². The van der Waals surface area contributed by atoms with Gasteiger partial charge in [0.15, 0.2) is 5.60 Å². The molecule has 2 aromatic rings. The average molecular weight is 495 g/mol. The molecular formula is C34H42OSi. The van der Waals surface area contributed by atoms with Gasteiger partial charge < -0.3 is 4.74 Å². The molecule has 0 saturated carbocycles. The number of hydrogen-bond acceptors (Lipinski definition) is 1. The molecule has 2 aromatic carbocycles. The molecule has 0 amide bonds. The van der Waals surface area contributed by atoms with Crippen molar-refractivity contribution < 1.29 is 4.74 Å². The second-order valence-electron chi connectivity index (χ2n) is 12.8. The maximum Gasteiger partial charge on any atom is 0.204 e. The molecule has 188 valence electrons. The number of allylic oxidation sites excluding steroid dienone is 2. The normalized spacial score (nSPS) is 24.0. The first-order valence-corrected chi connectivity index (χ1v) is 15.5. The van der Waals surface area contributed by atoms with E-state index in [1.54, 1.807) is 0 Å². The Hall–Kier alpha value is -2.52. The van der Waals surface area contributed by atoms with Gasteiger partial charge in [0, 0.05) is 6.42 Å². The van der Waals surface area contributed by atoms with E-state index in [-0.39, 0.29) is 11.1 Å². The van der Waals surface area contributed by atoms with Crippen molar-refractivity contribution in [2.24, 2.45) is 11.3 Å². The Kier molecular flexibility index (Phi) is 7.44. The summed E-state index contributed by atoms with van der Waals surface area (Å²) in [5.74, 6) is 11.3. The van der Waals surface area contributed by atoms with E-state index in [2.05, 4.69) is 139 Å². The third-order valence-electron chi connectivity index (χ3n) is 8.15. The summed E-state index contributed by atoms with van der Waals surface area (Å²) in [7, 11) is -2.42. The van der Waals surface area contributed by atoms with Crippen molar-refractivity contribution in [1.82, 2.24) is 0 Å². The monoisotopic (exact) mass is 494 g/mol. The van der Waals surface area contributed by atoms with Crippen LogP contribution in [0.2, 0.25) is 5.04 Å². The summed E-state index contributed by atoms with van der Waals surface area (Å²) in [5.41, 5.74) is 5.16. The van der Waals surface area contributed by atoms with Gasteiger partial charge in [0.1, 0.15) is 6.10 Å². The number of epoxide rings is 1. The molecule has 0 N–H and O–H groups in total. The molecule has 0 spiro atoms. The fourth-order valence-electron chi connectivity index (χ4n) is 5.56. The lowest BCUT2D eigenvalue weighted by atomic mass is 9.73. The van der Waals surface area contributed by atoms with Gasteiger partial charge in [0.2, 0.25) is 8.07 Å². The van der Waals surface area contributed by atoms with Gasteiger partial charge in [0.25, 0.3) is 0 Å². The van der Waals surface area contributed by atoms with Crippen LogP contribution < -0.4 is 10.4 Å². The molecule has 2 aliphatic rings. The van der Waals surface area contributed by atoms with Gasteiger partial charge in [-0.25, -0.2) is 0 Å². The SMILES string of the molecule is CC(C)(C)C1CC=C(C#CCC2OC2(C)C#C[Si](c2ccccc2)(c2ccccc2)C(C)(C)C)CC1. The highest BCUT2D eigenvalue weighted by atomic mass is 28.3. The molecular weight excluding hydrogens is 452 g/mol. The van der Waals surface area contributed by atoms with Gasteiger partial charge in [-0.1, -0.05) is 126 Å². The Morgan fingerprint density at radius 3 is 1.97 bits per heavy atom. The fraction of sp³-hybridized carbons (Fsp3) is 0.471. The van der Waals surface area contributed by atoms with E-state index < -0.39 is 13.7 Å². The first kappa shape index (κ1) is 26.5. The Bertz CT molecular complexity index is 1170. The number of rotatable bonds is 3. The molecule has 1 nitrogen and oxygen atoms in total. The van der Waals surface area contributed by atoms with Crippen molar-refractivity contribution in [2.75, 3.05) is 0 Å². The molecule has 3 unspecified atom stereocenters. The van der Waals surface area contributed by atoms with E-state index in [0.29, 0.717) is 5.41 Å². The molecule has 0 bridgehead atoms. The van der Waals surface area contributed by atoms with Gasteiger partial charge in [-0.3, -0.25) is 0 Å². The first-order chi connectivity index (χ1) is 17.0. The third kappa shape index (κ3) is 5.57. The quantitative estimate of drug-likeness (QED) is 0.256. The molecule has 36 heavy (non-hydrogen) atoms. The van der Waals surface area contributed by atoms with Crippen LogP contribution >= 0.6 is 0 Å². The Labute approximate surface area is 220 Å². The van der Waals surface area contributed by atoms with E-state index in [1.807, 2.05) is 0 Å². The van der Waals surface area contributed by atoms with Crippen molar-refractivity contribution in [1.29, 1.82) is 0 Å². The van der Waals surface area contributed by atoms with Gasteiger partial charge >= 0.3 is 0 Å². The predicted molar refractivity (Wildman–Crippen MR) is 156 cm³/mol. The summed E-state index contributed by atoms with van der Waals surface area (Å²) >= 11 is 0. The van der Waals surface area contributed by atoms with E-state index >= 15 is 0 Å². The minimum absolute atomic E-state index is 0.0155. The maximum atomic E-state index is 6.16. The smallest absolute Gasteiger partial charge is 0.204 e. The highest BCUT2D eigenvalue weighted by molar-refractivity contribution is 7.10. The minimum Gasteiger partial charge on any atom is -0.352 e. The summed E-state index contributed by atoms with van der Waals surface area (Å²) in [5, 5.41) is 2.73. The van der Waals surface area contributed by atoms with Crippen molar-refractivity contribution in [3.63, 3.8) is 0 Å². The van der Waals surface area contributed by atoms with Crippen LogP contribution in [0, 0.1) is 34.6 Å². The largest absolute Gasteiger partial charge is 0.352 e. The van der Waals surface area contributed by atoms with Crippen LogP contribution in [0.5, 0.6) is 0 Å². The molecule has 1 aliphatic carbocycles. The van der Waals surface area contributed by atoms with Crippen LogP contribution in [0.4, 0.5) is 0 Å². The Morgan fingerprint density at radius 2 is 1.50 bits per heavy atom. The van der Waals surface area contributed by atoms with Crippen molar-refractivity contribution in [3.05, 3.63) is 72.3 Å². The maximum absolute atomic E-state index is 6.16. The van der Waals surface area contributed by atoms with E-state index in [1.165, 1.54) is 22.4 Å². The van der Waals surface area contributed by atoms with Crippen LogP contribution in [0.1, 0.15) is 74.1 Å². The predicted octanol–water partition coefficient (Wildman–Crippen LogP) is 6.92. The summed E-state index contributed by atoms with van der Waals surface area (Å²) in [6.07, 6.45) is 6.68. The Morgan fingerprint density at radius 1 is 0.917 bits per heavy atom. The highest BCUT2D eigenvalue weighted by Gasteiger charge is 2.52. The first-order valence-electron chi connectivity index (χ1n) is 13.5. The van der Waals surface area contributed by atoms with Crippen molar-refractivity contribution in [3.8, 4) is 23.3 Å². The molecule has 1 aliphatic heterocycles. The zero-order valence-corrected chi connectivity index (χ0v) is 24.2. The van der Waals surface area contributed by atoms with Crippen LogP contribution in [0.15, 0.2) is 72.3 Å². The second-order valence-corrected chi connectivity index (χ2v) is 17.2. The van der Waals surface area contributed by atoms with Crippen molar-refractivity contribution in [2.45, 2.75) is 90.9 Å². The van der Waals surface area contributed by atoms with Gasteiger partial charge in [-0.2, -0.15) is 0 Å². The highest BCUT2D eigenvalue weighted by Crippen LogP contribution is 2.40. The molecule has 1 fully saturated rings. The van der Waals surface area contributed by atoms with E-state index in [0.717, 1.165) is 25.2 Å². The van der Waals surface area contributed by atoms with Crippen LogP contribution in [-0.2, 0) is 4.74 Å². The molecule has 4 rings (SSSR count). The summed E-state index contributed by atoms with van der Waals surface area (Å²) in [4.78, 5) is 0. The minimum atomic E-state index is -2.42. The molecule has 2 heteroatoms. The summed E-state index contributed by atoms with van der Waals surface area (Å²) < 4.78 is 6.16. The number of benzene rings is 2. The van der Waals surface area contributed by atoms with Crippen molar-refractivity contribution >= 4 is 18.4 Å². The third-order valence-corrected chi connectivity index (χ3v) is 13.3. The fourth-order valence-corrected chi connectivity index (χ4v) is 10.1. The second kappa shape index (κ2) is 10.1. The van der Waals surface area contributed by atoms with Crippen LogP contribution in [-0.4, -0.2) is 19.8 Å². The standard InChI is InChI=1S/C34H42OSi/c1-32(2,3)28-23-21-27(22-24-28)15-14-20-31-34(7,35-31)25-26-36(33(4,5)6,29-16-10-8-11-17-29)30-18-12-9-13-19-30/h8-13,16-19,21,28,31H,20,22-24H2,1-7H3. The Balaban J connectivity index is 1.55. The number of ether oxygens (including phenoxy) is 1. The average Bonchev–Trinajstić information content (AvgIpc) is 3.49. The zero-order chi connectivity index (χ0) is 26.0. The lowest BCUT2D eigenvalue weighted by Gasteiger charge is -2.39. The van der Waals surface area contributed by atoms with Gasteiger partial charge in [0.05, 0.1) is 0 Å². The summed E-state index contributed by atoms with van der Waals surface area (Å²) in [6, 6.07) is 21.8. The lowest BCUT2D eigenvalue weighted by Crippen LogP contribution is -2.63. The lowest BCUT2D eigenvalue weighted by molar-refractivity contribution is 0.222. The van der Waals surface area contributed by atoms with Gasteiger partial charge in [-0.05, 0) is 58.5 Å². The zero-order valence-electron chi connectivity index (χ0n) is 23.2. The van der Waals surface area contributed by atoms with Crippen LogP contribution in [0.25, 0.3) is 0 Å². The summed E-state index contributed by atoms with van der Waals surface area (Å²) in [6.45, 7) is 16.2. The molecule has 0 radical (unpaired) electrons. The van der Waals surface area contributed by atoms with E-state index in [4.69, 9.17) is 4.74 Å². The van der Waals surface area contributed by atoms with Gasteiger partial charge in [-0.15, -0.1) is 5.54 Å².